The number of nitro benzene ring substituents is 1. The van der Waals surface area contributed by atoms with E-state index in [1.54, 1.807) is 11.6 Å². The van der Waals surface area contributed by atoms with E-state index in [1.165, 1.54) is 18.2 Å². The summed E-state index contributed by atoms with van der Waals surface area (Å²) in [4.78, 5) is 22.3. The van der Waals surface area contributed by atoms with Crippen LogP contribution in [0.25, 0.3) is 0 Å². The SMILES string of the molecule is CCCn1nnnc1COC(=O)c1ccc(C)c([N+](=O)[O-])c1. The molecule has 1 heterocycles. The van der Waals surface area contributed by atoms with Gasteiger partial charge in [-0.05, 0) is 29.8 Å². The molecule has 0 saturated carbocycles. The Kier molecular flexibility index (Phi) is 4.77. The van der Waals surface area contributed by atoms with Gasteiger partial charge >= 0.3 is 5.97 Å². The standard InChI is InChI=1S/C13H15N5O4/c1-3-6-17-12(14-15-16-17)8-22-13(19)10-5-4-9(2)11(7-10)18(20)21/h4-5,7H,3,6,8H2,1-2H3. The van der Waals surface area contributed by atoms with Gasteiger partial charge in [0.2, 0.25) is 0 Å². The Hall–Kier alpha value is -2.84. The fourth-order valence-corrected chi connectivity index (χ4v) is 1.86. The summed E-state index contributed by atoms with van der Waals surface area (Å²) in [6, 6.07) is 4.20. The summed E-state index contributed by atoms with van der Waals surface area (Å²) in [5, 5.41) is 22.0. The molecule has 0 fully saturated rings. The molecule has 1 aromatic heterocycles. The lowest BCUT2D eigenvalue weighted by atomic mass is 10.1. The zero-order valence-electron chi connectivity index (χ0n) is 12.2. The van der Waals surface area contributed by atoms with Crippen LogP contribution in [-0.4, -0.2) is 31.1 Å². The molecule has 9 nitrogen and oxygen atoms in total. The maximum absolute atomic E-state index is 12.0. The van der Waals surface area contributed by atoms with Crippen molar-refractivity contribution in [1.29, 1.82) is 0 Å². The minimum absolute atomic E-state index is 0.0898. The number of hydrogen-bond acceptors (Lipinski definition) is 7. The Morgan fingerprint density at radius 1 is 1.45 bits per heavy atom. The molecule has 0 aliphatic heterocycles. The molecule has 0 amide bonds. The Morgan fingerprint density at radius 2 is 2.23 bits per heavy atom. The maximum Gasteiger partial charge on any atom is 0.338 e. The van der Waals surface area contributed by atoms with Crippen LogP contribution in [0.2, 0.25) is 0 Å². The Labute approximate surface area is 126 Å². The van der Waals surface area contributed by atoms with E-state index < -0.39 is 10.9 Å². The van der Waals surface area contributed by atoms with Crippen LogP contribution in [0.3, 0.4) is 0 Å². The summed E-state index contributed by atoms with van der Waals surface area (Å²) in [5.41, 5.74) is 0.477. The first-order valence-electron chi connectivity index (χ1n) is 6.70. The van der Waals surface area contributed by atoms with Gasteiger partial charge in [0.1, 0.15) is 0 Å². The van der Waals surface area contributed by atoms with Gasteiger partial charge in [0, 0.05) is 18.2 Å². The third kappa shape index (κ3) is 3.43. The lowest BCUT2D eigenvalue weighted by Gasteiger charge is -2.06. The second-order valence-corrected chi connectivity index (χ2v) is 4.65. The van der Waals surface area contributed by atoms with Crippen molar-refractivity contribution in [2.24, 2.45) is 0 Å². The van der Waals surface area contributed by atoms with Crippen molar-refractivity contribution in [3.8, 4) is 0 Å². The number of carbonyl (C=O) groups is 1. The third-order valence-electron chi connectivity index (χ3n) is 3.02. The van der Waals surface area contributed by atoms with Crippen molar-refractivity contribution in [2.75, 3.05) is 0 Å². The Bertz CT molecular complexity index is 697. The third-order valence-corrected chi connectivity index (χ3v) is 3.02. The molecule has 0 radical (unpaired) electrons. The fraction of sp³-hybridized carbons (Fsp3) is 0.385. The van der Waals surface area contributed by atoms with Gasteiger partial charge in [0.05, 0.1) is 10.5 Å². The number of nitro groups is 1. The number of carbonyl (C=O) groups excluding carboxylic acids is 1. The van der Waals surface area contributed by atoms with E-state index >= 15 is 0 Å². The average molecular weight is 305 g/mol. The quantitative estimate of drug-likeness (QED) is 0.453. The summed E-state index contributed by atoms with van der Waals surface area (Å²) < 4.78 is 6.66. The van der Waals surface area contributed by atoms with Crippen molar-refractivity contribution < 1.29 is 14.5 Å². The molecule has 0 aliphatic carbocycles. The van der Waals surface area contributed by atoms with Crippen LogP contribution in [0, 0.1) is 17.0 Å². The van der Waals surface area contributed by atoms with E-state index in [2.05, 4.69) is 15.5 Å². The minimum atomic E-state index is -0.658. The lowest BCUT2D eigenvalue weighted by molar-refractivity contribution is -0.385. The molecule has 0 spiro atoms. The highest BCUT2D eigenvalue weighted by Gasteiger charge is 2.17. The molecule has 0 saturated heterocycles. The van der Waals surface area contributed by atoms with Crippen LogP contribution in [0.5, 0.6) is 0 Å². The Balaban J connectivity index is 2.08. The molecular weight excluding hydrogens is 290 g/mol. The first kappa shape index (κ1) is 15.5. The van der Waals surface area contributed by atoms with Crippen LogP contribution in [-0.2, 0) is 17.9 Å². The molecule has 2 aromatic rings. The number of tetrazole rings is 1. The van der Waals surface area contributed by atoms with Crippen molar-refractivity contribution in [1.82, 2.24) is 20.2 Å². The molecule has 0 atom stereocenters. The summed E-state index contributed by atoms with van der Waals surface area (Å²) in [5.74, 6) is -0.231. The van der Waals surface area contributed by atoms with E-state index in [-0.39, 0.29) is 17.9 Å². The minimum Gasteiger partial charge on any atom is -0.454 e. The topological polar surface area (TPSA) is 113 Å². The highest BCUT2D eigenvalue weighted by molar-refractivity contribution is 5.90. The normalized spacial score (nSPS) is 10.5. The van der Waals surface area contributed by atoms with E-state index in [0.29, 0.717) is 17.9 Å². The van der Waals surface area contributed by atoms with Gasteiger partial charge in [-0.2, -0.15) is 0 Å². The first-order chi connectivity index (χ1) is 10.5. The number of esters is 1. The summed E-state index contributed by atoms with van der Waals surface area (Å²) in [7, 11) is 0. The van der Waals surface area contributed by atoms with Crippen molar-refractivity contribution in [3.63, 3.8) is 0 Å². The molecular formula is C13H15N5O4. The highest BCUT2D eigenvalue weighted by atomic mass is 16.6. The molecule has 2 rings (SSSR count). The number of nitrogens with zero attached hydrogens (tertiary/aromatic N) is 5. The monoisotopic (exact) mass is 305 g/mol. The van der Waals surface area contributed by atoms with E-state index in [1.807, 2.05) is 6.92 Å². The second-order valence-electron chi connectivity index (χ2n) is 4.65. The van der Waals surface area contributed by atoms with Gasteiger partial charge in [0.25, 0.3) is 5.69 Å². The lowest BCUT2D eigenvalue weighted by Crippen LogP contribution is -2.11. The average Bonchev–Trinajstić information content (AvgIpc) is 2.92. The summed E-state index contributed by atoms with van der Waals surface area (Å²) in [6.07, 6.45) is 0.843. The zero-order chi connectivity index (χ0) is 16.1. The van der Waals surface area contributed by atoms with Gasteiger partial charge in [-0.3, -0.25) is 10.1 Å². The zero-order valence-corrected chi connectivity index (χ0v) is 12.2. The predicted molar refractivity (Wildman–Crippen MR) is 75.1 cm³/mol. The highest BCUT2D eigenvalue weighted by Crippen LogP contribution is 2.19. The molecule has 0 bridgehead atoms. The molecule has 0 aliphatic rings. The molecule has 0 unspecified atom stereocenters. The second kappa shape index (κ2) is 6.74. The van der Waals surface area contributed by atoms with Gasteiger partial charge in [-0.1, -0.05) is 13.0 Å². The molecule has 9 heteroatoms. The number of aromatic nitrogens is 4. The number of rotatable bonds is 6. The van der Waals surface area contributed by atoms with Crippen LogP contribution < -0.4 is 0 Å². The van der Waals surface area contributed by atoms with E-state index in [0.717, 1.165) is 6.42 Å². The smallest absolute Gasteiger partial charge is 0.338 e. The van der Waals surface area contributed by atoms with Crippen LogP contribution >= 0.6 is 0 Å². The van der Waals surface area contributed by atoms with Crippen LogP contribution in [0.4, 0.5) is 5.69 Å². The molecule has 22 heavy (non-hydrogen) atoms. The number of benzene rings is 1. The molecule has 116 valence electrons. The van der Waals surface area contributed by atoms with Crippen molar-refractivity contribution in [3.05, 3.63) is 45.3 Å². The van der Waals surface area contributed by atoms with Crippen molar-refractivity contribution >= 4 is 11.7 Å². The van der Waals surface area contributed by atoms with Gasteiger partial charge in [-0.15, -0.1) is 5.10 Å². The summed E-state index contributed by atoms with van der Waals surface area (Å²) >= 11 is 0. The van der Waals surface area contributed by atoms with Gasteiger partial charge in [-0.25, -0.2) is 9.48 Å². The predicted octanol–water partition coefficient (Wildman–Crippen LogP) is 1.66. The van der Waals surface area contributed by atoms with Crippen LogP contribution in [0.15, 0.2) is 18.2 Å². The number of aryl methyl sites for hydroxylation is 2. The Morgan fingerprint density at radius 3 is 2.91 bits per heavy atom. The van der Waals surface area contributed by atoms with Gasteiger partial charge < -0.3 is 4.74 Å². The molecule has 0 N–H and O–H groups in total. The van der Waals surface area contributed by atoms with Gasteiger partial charge in [0.15, 0.2) is 12.4 Å². The van der Waals surface area contributed by atoms with E-state index in [9.17, 15) is 14.9 Å². The first-order valence-corrected chi connectivity index (χ1v) is 6.70. The largest absolute Gasteiger partial charge is 0.454 e. The summed E-state index contributed by atoms with van der Waals surface area (Å²) in [6.45, 7) is 4.11. The van der Waals surface area contributed by atoms with Crippen molar-refractivity contribution in [2.45, 2.75) is 33.4 Å². The van der Waals surface area contributed by atoms with Crippen LogP contribution in [0.1, 0.15) is 35.1 Å². The van der Waals surface area contributed by atoms with E-state index in [4.69, 9.17) is 4.74 Å². The number of hydrogen-bond donors (Lipinski definition) is 0. The maximum atomic E-state index is 12.0. The fourth-order valence-electron chi connectivity index (χ4n) is 1.86. The number of ether oxygens (including phenoxy) is 1. The molecule has 1 aromatic carbocycles.